The SMILES string of the molecule is CCC(CN)(Cc1ccccc1)N1CCCC1CN(C)C. The molecule has 1 aromatic rings. The van der Waals surface area contributed by atoms with Crippen LogP contribution in [0.5, 0.6) is 0 Å². The van der Waals surface area contributed by atoms with Crippen LogP contribution in [0, 0.1) is 0 Å². The molecule has 118 valence electrons. The molecule has 1 aliphatic rings. The Balaban J connectivity index is 2.20. The molecule has 2 N–H and O–H groups in total. The van der Waals surface area contributed by atoms with Crippen LogP contribution < -0.4 is 5.73 Å². The summed E-state index contributed by atoms with van der Waals surface area (Å²) in [6.45, 7) is 5.36. The fraction of sp³-hybridized carbons (Fsp3) is 0.667. The second kappa shape index (κ2) is 7.39. The summed E-state index contributed by atoms with van der Waals surface area (Å²) in [5, 5.41) is 0. The molecule has 1 heterocycles. The van der Waals surface area contributed by atoms with Crippen molar-refractivity contribution in [1.29, 1.82) is 0 Å². The van der Waals surface area contributed by atoms with Crippen molar-refractivity contribution < 1.29 is 0 Å². The van der Waals surface area contributed by atoms with E-state index in [-0.39, 0.29) is 5.54 Å². The molecule has 0 bridgehead atoms. The van der Waals surface area contributed by atoms with Gasteiger partial charge in [-0.25, -0.2) is 0 Å². The minimum absolute atomic E-state index is 0.110. The topological polar surface area (TPSA) is 32.5 Å². The number of nitrogens with zero attached hydrogens (tertiary/aromatic N) is 2. The summed E-state index contributed by atoms with van der Waals surface area (Å²) in [5.74, 6) is 0. The van der Waals surface area contributed by atoms with Crippen LogP contribution in [-0.4, -0.2) is 55.1 Å². The molecule has 0 radical (unpaired) electrons. The summed E-state index contributed by atoms with van der Waals surface area (Å²) in [4.78, 5) is 5.02. The Hall–Kier alpha value is -0.900. The van der Waals surface area contributed by atoms with Gasteiger partial charge in [0.2, 0.25) is 0 Å². The lowest BCUT2D eigenvalue weighted by molar-refractivity contribution is 0.0636. The first-order chi connectivity index (χ1) is 10.1. The molecular weight excluding hydrogens is 258 g/mol. The summed E-state index contributed by atoms with van der Waals surface area (Å²) in [5.41, 5.74) is 7.80. The molecular formula is C18H31N3. The molecule has 1 saturated heterocycles. The monoisotopic (exact) mass is 289 g/mol. The van der Waals surface area contributed by atoms with Gasteiger partial charge in [-0.15, -0.1) is 0 Å². The fourth-order valence-electron chi connectivity index (χ4n) is 3.81. The second-order valence-corrected chi connectivity index (χ2v) is 6.70. The lowest BCUT2D eigenvalue weighted by atomic mass is 9.85. The molecule has 0 aliphatic carbocycles. The van der Waals surface area contributed by atoms with Crippen molar-refractivity contribution in [1.82, 2.24) is 9.80 Å². The molecule has 1 aliphatic heterocycles. The fourth-order valence-corrected chi connectivity index (χ4v) is 3.81. The number of hydrogen-bond acceptors (Lipinski definition) is 3. The van der Waals surface area contributed by atoms with Crippen LogP contribution in [-0.2, 0) is 6.42 Å². The Kier molecular flexibility index (Phi) is 5.80. The van der Waals surface area contributed by atoms with Gasteiger partial charge in [0.15, 0.2) is 0 Å². The van der Waals surface area contributed by atoms with Crippen molar-refractivity contribution in [3.05, 3.63) is 35.9 Å². The van der Waals surface area contributed by atoms with Gasteiger partial charge in [-0.1, -0.05) is 37.3 Å². The highest BCUT2D eigenvalue weighted by atomic mass is 15.3. The zero-order valence-electron chi connectivity index (χ0n) is 13.9. The van der Waals surface area contributed by atoms with Crippen LogP contribution in [0.1, 0.15) is 31.7 Å². The molecule has 2 rings (SSSR count). The smallest absolute Gasteiger partial charge is 0.0372 e. The maximum absolute atomic E-state index is 6.28. The van der Waals surface area contributed by atoms with Gasteiger partial charge in [0.05, 0.1) is 0 Å². The molecule has 0 spiro atoms. The number of likely N-dealkylation sites (tertiary alicyclic amines) is 1. The number of likely N-dealkylation sites (N-methyl/N-ethyl adjacent to an activating group) is 1. The van der Waals surface area contributed by atoms with Crippen molar-refractivity contribution in [3.8, 4) is 0 Å². The van der Waals surface area contributed by atoms with E-state index in [1.165, 1.54) is 24.9 Å². The molecule has 0 amide bonds. The van der Waals surface area contributed by atoms with Crippen LogP contribution in [0.25, 0.3) is 0 Å². The maximum atomic E-state index is 6.28. The number of rotatable bonds is 7. The first-order valence-corrected chi connectivity index (χ1v) is 8.27. The molecule has 0 aromatic heterocycles. The highest BCUT2D eigenvalue weighted by Crippen LogP contribution is 2.32. The zero-order chi connectivity index (χ0) is 15.3. The van der Waals surface area contributed by atoms with E-state index in [0.717, 1.165) is 25.9 Å². The van der Waals surface area contributed by atoms with Gasteiger partial charge in [-0.3, -0.25) is 4.90 Å². The highest BCUT2D eigenvalue weighted by molar-refractivity contribution is 5.19. The molecule has 1 fully saturated rings. The molecule has 0 saturated carbocycles. The van der Waals surface area contributed by atoms with Crippen LogP contribution in [0.3, 0.4) is 0 Å². The molecule has 1 aromatic carbocycles. The largest absolute Gasteiger partial charge is 0.329 e. The van der Waals surface area contributed by atoms with Crippen LogP contribution in [0.4, 0.5) is 0 Å². The third-order valence-corrected chi connectivity index (χ3v) is 4.98. The van der Waals surface area contributed by atoms with Gasteiger partial charge >= 0.3 is 0 Å². The van der Waals surface area contributed by atoms with E-state index in [1.807, 2.05) is 0 Å². The summed E-state index contributed by atoms with van der Waals surface area (Å²) < 4.78 is 0. The van der Waals surface area contributed by atoms with E-state index in [1.54, 1.807) is 0 Å². The third kappa shape index (κ3) is 3.85. The van der Waals surface area contributed by atoms with Gasteiger partial charge < -0.3 is 10.6 Å². The van der Waals surface area contributed by atoms with Crippen molar-refractivity contribution in [2.45, 2.75) is 44.2 Å². The van der Waals surface area contributed by atoms with Crippen molar-refractivity contribution in [2.24, 2.45) is 5.73 Å². The normalized spacial score (nSPS) is 22.6. The first kappa shape index (κ1) is 16.5. The lowest BCUT2D eigenvalue weighted by Crippen LogP contribution is -2.58. The molecule has 21 heavy (non-hydrogen) atoms. The lowest BCUT2D eigenvalue weighted by Gasteiger charge is -2.45. The summed E-state index contributed by atoms with van der Waals surface area (Å²) in [7, 11) is 4.34. The van der Waals surface area contributed by atoms with E-state index in [9.17, 15) is 0 Å². The Morgan fingerprint density at radius 2 is 2.00 bits per heavy atom. The Bertz CT molecular complexity index is 412. The summed E-state index contributed by atoms with van der Waals surface area (Å²) >= 11 is 0. The summed E-state index contributed by atoms with van der Waals surface area (Å²) in [6.07, 6.45) is 4.77. The van der Waals surface area contributed by atoms with Crippen molar-refractivity contribution in [3.63, 3.8) is 0 Å². The van der Waals surface area contributed by atoms with E-state index < -0.39 is 0 Å². The van der Waals surface area contributed by atoms with Gasteiger partial charge in [-0.2, -0.15) is 0 Å². The molecule has 2 unspecified atom stereocenters. The predicted octanol–water partition coefficient (Wildman–Crippen LogP) is 2.36. The van der Waals surface area contributed by atoms with E-state index in [2.05, 4.69) is 61.2 Å². The van der Waals surface area contributed by atoms with Crippen molar-refractivity contribution >= 4 is 0 Å². The van der Waals surface area contributed by atoms with Crippen molar-refractivity contribution in [2.75, 3.05) is 33.7 Å². The summed E-state index contributed by atoms with van der Waals surface area (Å²) in [6, 6.07) is 11.5. The number of benzene rings is 1. The van der Waals surface area contributed by atoms with Crippen LogP contribution >= 0.6 is 0 Å². The minimum Gasteiger partial charge on any atom is -0.329 e. The van der Waals surface area contributed by atoms with Gasteiger partial charge in [0.1, 0.15) is 0 Å². The van der Waals surface area contributed by atoms with E-state index >= 15 is 0 Å². The second-order valence-electron chi connectivity index (χ2n) is 6.70. The van der Waals surface area contributed by atoms with Crippen LogP contribution in [0.2, 0.25) is 0 Å². The average molecular weight is 289 g/mol. The standard InChI is InChI=1S/C18H31N3/c1-4-18(15-19,13-16-9-6-5-7-10-16)21-12-8-11-17(21)14-20(2)3/h5-7,9-10,17H,4,8,11-15,19H2,1-3H3. The van der Waals surface area contributed by atoms with Gasteiger partial charge in [0, 0.05) is 24.7 Å². The zero-order valence-corrected chi connectivity index (χ0v) is 13.9. The highest BCUT2D eigenvalue weighted by Gasteiger charge is 2.40. The van der Waals surface area contributed by atoms with E-state index in [4.69, 9.17) is 5.73 Å². The Labute approximate surface area is 130 Å². The molecule has 2 atom stereocenters. The van der Waals surface area contributed by atoms with E-state index in [0.29, 0.717) is 6.04 Å². The maximum Gasteiger partial charge on any atom is 0.0372 e. The molecule has 3 heteroatoms. The average Bonchev–Trinajstić information content (AvgIpc) is 2.94. The quantitative estimate of drug-likeness (QED) is 0.836. The minimum atomic E-state index is 0.110. The first-order valence-electron chi connectivity index (χ1n) is 8.27. The molecule has 3 nitrogen and oxygen atoms in total. The Morgan fingerprint density at radius 1 is 1.29 bits per heavy atom. The Morgan fingerprint density at radius 3 is 2.57 bits per heavy atom. The van der Waals surface area contributed by atoms with Crippen LogP contribution in [0.15, 0.2) is 30.3 Å². The number of hydrogen-bond donors (Lipinski definition) is 1. The predicted molar refractivity (Wildman–Crippen MR) is 90.5 cm³/mol. The van der Waals surface area contributed by atoms with Gasteiger partial charge in [-0.05, 0) is 51.9 Å². The van der Waals surface area contributed by atoms with Gasteiger partial charge in [0.25, 0.3) is 0 Å². The third-order valence-electron chi connectivity index (χ3n) is 4.98. The number of nitrogens with two attached hydrogens (primary N) is 1.